The maximum Gasteiger partial charge on any atom is 0.323 e. The Balaban J connectivity index is 1.74. The fraction of sp³-hybridized carbons (Fsp3) is 0.292. The summed E-state index contributed by atoms with van der Waals surface area (Å²) >= 11 is 0. The highest BCUT2D eigenvalue weighted by molar-refractivity contribution is 7.89. The average molecular weight is 455 g/mol. The van der Waals surface area contributed by atoms with Crippen LogP contribution in [0.15, 0.2) is 65.6 Å². The van der Waals surface area contributed by atoms with E-state index in [1.54, 1.807) is 16.7 Å². The Morgan fingerprint density at radius 3 is 2.34 bits per heavy atom. The zero-order chi connectivity index (χ0) is 22.7. The number of rotatable bonds is 7. The third-order valence-electron chi connectivity index (χ3n) is 5.78. The molecule has 32 heavy (non-hydrogen) atoms. The summed E-state index contributed by atoms with van der Waals surface area (Å²) in [7, 11) is -3.65. The third-order valence-corrected chi connectivity index (χ3v) is 7.77. The first-order chi connectivity index (χ1) is 15.4. The lowest BCUT2D eigenvalue weighted by molar-refractivity contribution is -0.137. The van der Waals surface area contributed by atoms with Crippen molar-refractivity contribution in [3.63, 3.8) is 0 Å². The topological polar surface area (TPSA) is 88.8 Å². The molecule has 0 bridgehead atoms. The molecular weight excluding hydrogens is 428 g/mol. The number of aliphatic carboxylic acids is 1. The van der Waals surface area contributed by atoms with E-state index in [4.69, 9.17) is 4.74 Å². The summed E-state index contributed by atoms with van der Waals surface area (Å²) in [4.78, 5) is 11.8. The Kier molecular flexibility index (Phi) is 6.45. The number of carboxylic acid groups (broad SMARTS) is 1. The van der Waals surface area contributed by atoms with Gasteiger partial charge in [-0.2, -0.15) is 4.31 Å². The van der Waals surface area contributed by atoms with Crippen molar-refractivity contribution >= 4 is 16.0 Å². The van der Waals surface area contributed by atoms with Gasteiger partial charge >= 0.3 is 5.97 Å². The zero-order valence-electron chi connectivity index (χ0n) is 17.9. The zero-order valence-corrected chi connectivity index (χ0v) is 18.7. The summed E-state index contributed by atoms with van der Waals surface area (Å²) in [5, 5.41) is 9.44. The molecule has 0 amide bonds. The number of sulfonamides is 1. The molecule has 2 aromatic carbocycles. The molecule has 7 nitrogen and oxygen atoms in total. The van der Waals surface area contributed by atoms with Crippen LogP contribution in [-0.4, -0.2) is 54.7 Å². The molecule has 1 aliphatic rings. The first kappa shape index (κ1) is 22.3. The van der Waals surface area contributed by atoms with Crippen LogP contribution in [0.25, 0.3) is 11.3 Å². The molecule has 0 aliphatic carbocycles. The molecule has 1 aliphatic heterocycles. The lowest BCUT2D eigenvalue weighted by Crippen LogP contribution is -2.40. The van der Waals surface area contributed by atoms with Gasteiger partial charge in [-0.05, 0) is 35.7 Å². The van der Waals surface area contributed by atoms with Gasteiger partial charge in [0.25, 0.3) is 0 Å². The minimum atomic E-state index is -3.65. The molecule has 2 heterocycles. The normalized spacial score (nSPS) is 15.0. The summed E-state index contributed by atoms with van der Waals surface area (Å²) in [6, 6.07) is 18.6. The predicted molar refractivity (Wildman–Crippen MR) is 121 cm³/mol. The van der Waals surface area contributed by atoms with E-state index in [0.29, 0.717) is 38.3 Å². The number of ether oxygens (including phenoxy) is 1. The van der Waals surface area contributed by atoms with Gasteiger partial charge in [-0.25, -0.2) is 8.42 Å². The van der Waals surface area contributed by atoms with E-state index in [1.807, 2.05) is 55.5 Å². The standard InChI is InChI=1S/C24H26N2O5S/c1-18-21(16-22(26(18)17-24(27)28)19-7-3-2-4-8-19)15-20-9-5-6-10-23(20)32(29,30)25-11-13-31-14-12-25/h2-10,16H,11-15,17H2,1H3,(H,27,28). The van der Waals surface area contributed by atoms with Crippen molar-refractivity contribution in [1.82, 2.24) is 8.87 Å². The van der Waals surface area contributed by atoms with Crippen LogP contribution in [0.2, 0.25) is 0 Å². The van der Waals surface area contributed by atoms with Crippen molar-refractivity contribution in [2.24, 2.45) is 0 Å². The molecule has 0 atom stereocenters. The van der Waals surface area contributed by atoms with Gasteiger partial charge in [-0.15, -0.1) is 0 Å². The molecule has 0 radical (unpaired) electrons. The number of benzene rings is 2. The quantitative estimate of drug-likeness (QED) is 0.592. The monoisotopic (exact) mass is 454 g/mol. The number of nitrogens with zero attached hydrogens (tertiary/aromatic N) is 2. The Hall–Kier alpha value is -2.94. The Morgan fingerprint density at radius 1 is 1.00 bits per heavy atom. The van der Waals surface area contributed by atoms with Crippen LogP contribution < -0.4 is 0 Å². The first-order valence-electron chi connectivity index (χ1n) is 10.5. The van der Waals surface area contributed by atoms with E-state index >= 15 is 0 Å². The second-order valence-corrected chi connectivity index (χ2v) is 9.69. The number of morpholine rings is 1. The number of hydrogen-bond donors (Lipinski definition) is 1. The van der Waals surface area contributed by atoms with Crippen LogP contribution in [0.3, 0.4) is 0 Å². The molecule has 168 valence electrons. The first-order valence-corrected chi connectivity index (χ1v) is 11.9. The summed E-state index contributed by atoms with van der Waals surface area (Å²) in [6.07, 6.45) is 0.387. The third kappa shape index (κ3) is 4.48. The summed E-state index contributed by atoms with van der Waals surface area (Å²) < 4.78 is 35.2. The lowest BCUT2D eigenvalue weighted by Gasteiger charge is -2.27. The molecule has 1 saturated heterocycles. The van der Waals surface area contributed by atoms with E-state index in [0.717, 1.165) is 22.5 Å². The van der Waals surface area contributed by atoms with Crippen LogP contribution in [0, 0.1) is 6.92 Å². The van der Waals surface area contributed by atoms with E-state index in [1.165, 1.54) is 4.31 Å². The predicted octanol–water partition coefficient (Wildman–Crippen LogP) is 3.16. The number of aromatic nitrogens is 1. The van der Waals surface area contributed by atoms with Crippen molar-refractivity contribution < 1.29 is 23.1 Å². The van der Waals surface area contributed by atoms with Gasteiger partial charge < -0.3 is 14.4 Å². The van der Waals surface area contributed by atoms with Gasteiger partial charge in [0.15, 0.2) is 0 Å². The molecule has 0 saturated carbocycles. The van der Waals surface area contributed by atoms with E-state index < -0.39 is 16.0 Å². The molecule has 0 spiro atoms. The van der Waals surface area contributed by atoms with Crippen LogP contribution in [0.1, 0.15) is 16.8 Å². The molecular formula is C24H26N2O5S. The minimum absolute atomic E-state index is 0.163. The maximum absolute atomic E-state index is 13.3. The molecule has 4 rings (SSSR count). The van der Waals surface area contributed by atoms with Gasteiger partial charge in [-0.1, -0.05) is 48.5 Å². The van der Waals surface area contributed by atoms with Gasteiger partial charge in [-0.3, -0.25) is 4.79 Å². The summed E-state index contributed by atoms with van der Waals surface area (Å²) in [5.41, 5.74) is 4.11. The SMILES string of the molecule is Cc1c(Cc2ccccc2S(=O)(=O)N2CCOCC2)cc(-c2ccccc2)n1CC(=O)O. The van der Waals surface area contributed by atoms with E-state index in [9.17, 15) is 18.3 Å². The number of carbonyl (C=O) groups is 1. The van der Waals surface area contributed by atoms with Crippen molar-refractivity contribution in [2.45, 2.75) is 24.8 Å². The Bertz CT molecular complexity index is 1210. The van der Waals surface area contributed by atoms with Gasteiger partial charge in [0.05, 0.1) is 18.1 Å². The minimum Gasteiger partial charge on any atom is -0.480 e. The molecule has 1 N–H and O–H groups in total. The van der Waals surface area contributed by atoms with Crippen molar-refractivity contribution in [3.05, 3.63) is 77.5 Å². The van der Waals surface area contributed by atoms with E-state index in [-0.39, 0.29) is 11.4 Å². The fourth-order valence-electron chi connectivity index (χ4n) is 4.10. The second-order valence-electron chi connectivity index (χ2n) is 7.79. The van der Waals surface area contributed by atoms with Crippen LogP contribution >= 0.6 is 0 Å². The second kappa shape index (κ2) is 9.28. The van der Waals surface area contributed by atoms with Crippen LogP contribution in [-0.2, 0) is 32.5 Å². The van der Waals surface area contributed by atoms with Gasteiger partial charge in [0, 0.05) is 30.9 Å². The largest absolute Gasteiger partial charge is 0.480 e. The number of carboxylic acids is 1. The van der Waals surface area contributed by atoms with Gasteiger partial charge in [0.1, 0.15) is 6.54 Å². The van der Waals surface area contributed by atoms with Crippen molar-refractivity contribution in [3.8, 4) is 11.3 Å². The summed E-state index contributed by atoms with van der Waals surface area (Å²) in [5.74, 6) is -0.928. The Labute approximate surface area is 187 Å². The fourth-order valence-corrected chi connectivity index (χ4v) is 5.73. The molecule has 3 aromatic rings. The lowest BCUT2D eigenvalue weighted by atomic mass is 10.0. The number of hydrogen-bond acceptors (Lipinski definition) is 4. The van der Waals surface area contributed by atoms with Crippen LogP contribution in [0.4, 0.5) is 0 Å². The highest BCUT2D eigenvalue weighted by atomic mass is 32.2. The highest BCUT2D eigenvalue weighted by Gasteiger charge is 2.28. The molecule has 1 fully saturated rings. The molecule has 1 aromatic heterocycles. The van der Waals surface area contributed by atoms with Crippen LogP contribution in [0.5, 0.6) is 0 Å². The maximum atomic E-state index is 13.3. The van der Waals surface area contributed by atoms with Crippen molar-refractivity contribution in [2.75, 3.05) is 26.3 Å². The highest BCUT2D eigenvalue weighted by Crippen LogP contribution is 2.30. The van der Waals surface area contributed by atoms with Gasteiger partial charge in [0.2, 0.25) is 10.0 Å². The van der Waals surface area contributed by atoms with E-state index in [2.05, 4.69) is 0 Å². The summed E-state index contributed by atoms with van der Waals surface area (Å²) in [6.45, 7) is 3.16. The molecule has 0 unspecified atom stereocenters. The average Bonchev–Trinajstić information content (AvgIpc) is 3.10. The molecule has 8 heteroatoms. The van der Waals surface area contributed by atoms with Crippen molar-refractivity contribution in [1.29, 1.82) is 0 Å². The smallest absolute Gasteiger partial charge is 0.323 e. The Morgan fingerprint density at radius 2 is 1.66 bits per heavy atom.